The van der Waals surface area contributed by atoms with Crippen molar-refractivity contribution in [1.82, 2.24) is 10.6 Å². The van der Waals surface area contributed by atoms with Crippen LogP contribution >= 0.6 is 0 Å². The van der Waals surface area contributed by atoms with Gasteiger partial charge in [-0.25, -0.2) is 0 Å². The first kappa shape index (κ1) is 13.1. The predicted octanol–water partition coefficient (Wildman–Crippen LogP) is 2.25. The molecule has 0 aliphatic carbocycles. The average Bonchev–Trinajstić information content (AvgIpc) is 2.33. The van der Waals surface area contributed by atoms with Gasteiger partial charge in [0.2, 0.25) is 0 Å². The van der Waals surface area contributed by atoms with E-state index in [0.717, 1.165) is 24.0 Å². The Bertz CT molecular complexity index is 430. The lowest BCUT2D eigenvalue weighted by Crippen LogP contribution is -2.54. The van der Waals surface area contributed by atoms with Crippen molar-refractivity contribution in [2.24, 2.45) is 0 Å². The van der Waals surface area contributed by atoms with E-state index in [4.69, 9.17) is 0 Å². The maximum Gasteiger partial charge on any atom is 0.251 e. The zero-order valence-electron chi connectivity index (χ0n) is 11.4. The highest BCUT2D eigenvalue weighted by atomic mass is 16.1. The average molecular weight is 246 g/mol. The molecule has 0 saturated carbocycles. The minimum absolute atomic E-state index is 0.0429. The third-order valence-corrected chi connectivity index (χ3v) is 3.77. The van der Waals surface area contributed by atoms with Crippen molar-refractivity contribution in [3.05, 3.63) is 35.4 Å². The summed E-state index contributed by atoms with van der Waals surface area (Å²) in [6.45, 7) is 6.30. The second-order valence-electron chi connectivity index (χ2n) is 5.33. The van der Waals surface area contributed by atoms with Crippen LogP contribution < -0.4 is 10.6 Å². The number of carbonyl (C=O) groups is 1. The normalized spacial score (nSPS) is 27.8. The summed E-state index contributed by atoms with van der Waals surface area (Å²) in [5.41, 5.74) is 1.81. The van der Waals surface area contributed by atoms with Gasteiger partial charge in [0.15, 0.2) is 0 Å². The second-order valence-corrected chi connectivity index (χ2v) is 5.33. The van der Waals surface area contributed by atoms with Gasteiger partial charge in [0.1, 0.15) is 0 Å². The minimum Gasteiger partial charge on any atom is -0.348 e. The molecule has 0 aromatic heterocycles. The fourth-order valence-corrected chi connectivity index (χ4v) is 2.60. The summed E-state index contributed by atoms with van der Waals surface area (Å²) in [5.74, 6) is 0.0429. The second kappa shape index (κ2) is 5.53. The number of carbonyl (C=O) groups excluding carboxylic acids is 1. The van der Waals surface area contributed by atoms with E-state index in [-0.39, 0.29) is 11.9 Å². The van der Waals surface area contributed by atoms with Crippen LogP contribution in [-0.4, -0.2) is 24.0 Å². The Hall–Kier alpha value is -1.35. The topological polar surface area (TPSA) is 41.1 Å². The van der Waals surface area contributed by atoms with E-state index in [2.05, 4.69) is 24.5 Å². The first-order valence-corrected chi connectivity index (χ1v) is 6.70. The van der Waals surface area contributed by atoms with Crippen molar-refractivity contribution in [2.75, 3.05) is 0 Å². The molecule has 1 aliphatic heterocycles. The van der Waals surface area contributed by atoms with Crippen molar-refractivity contribution in [3.8, 4) is 0 Å². The Labute approximate surface area is 109 Å². The fourth-order valence-electron chi connectivity index (χ4n) is 2.60. The van der Waals surface area contributed by atoms with E-state index in [1.165, 1.54) is 0 Å². The zero-order valence-corrected chi connectivity index (χ0v) is 11.4. The lowest BCUT2D eigenvalue weighted by Gasteiger charge is -2.34. The number of hydrogen-bond donors (Lipinski definition) is 2. The third-order valence-electron chi connectivity index (χ3n) is 3.77. The SMILES string of the molecule is Cc1ccccc1C(=O)NC1CCC(C)NC1C. The van der Waals surface area contributed by atoms with Crippen LogP contribution in [0, 0.1) is 6.92 Å². The smallest absolute Gasteiger partial charge is 0.251 e. The van der Waals surface area contributed by atoms with Gasteiger partial charge < -0.3 is 10.6 Å². The lowest BCUT2D eigenvalue weighted by atomic mass is 9.95. The Balaban J connectivity index is 2.02. The van der Waals surface area contributed by atoms with E-state index in [0.29, 0.717) is 12.1 Å². The molecule has 3 atom stereocenters. The van der Waals surface area contributed by atoms with Crippen LogP contribution in [0.5, 0.6) is 0 Å². The molecule has 1 saturated heterocycles. The largest absolute Gasteiger partial charge is 0.348 e. The number of amides is 1. The molecule has 0 radical (unpaired) electrons. The minimum atomic E-state index is 0.0429. The molecule has 1 aromatic rings. The van der Waals surface area contributed by atoms with Gasteiger partial charge in [-0.1, -0.05) is 18.2 Å². The van der Waals surface area contributed by atoms with E-state index >= 15 is 0 Å². The van der Waals surface area contributed by atoms with E-state index in [1.807, 2.05) is 31.2 Å². The molecule has 0 spiro atoms. The molecule has 3 nitrogen and oxygen atoms in total. The Morgan fingerprint density at radius 3 is 2.67 bits per heavy atom. The van der Waals surface area contributed by atoms with Crippen LogP contribution in [0.15, 0.2) is 24.3 Å². The quantitative estimate of drug-likeness (QED) is 0.840. The predicted molar refractivity (Wildman–Crippen MR) is 73.7 cm³/mol. The number of piperidine rings is 1. The van der Waals surface area contributed by atoms with Gasteiger partial charge in [0, 0.05) is 23.7 Å². The molecular formula is C15H22N2O. The zero-order chi connectivity index (χ0) is 13.1. The summed E-state index contributed by atoms with van der Waals surface area (Å²) >= 11 is 0. The number of benzene rings is 1. The van der Waals surface area contributed by atoms with Crippen LogP contribution in [0.4, 0.5) is 0 Å². The molecule has 1 heterocycles. The molecule has 2 N–H and O–H groups in total. The summed E-state index contributed by atoms with van der Waals surface area (Å²) in [6.07, 6.45) is 2.16. The Morgan fingerprint density at radius 1 is 1.28 bits per heavy atom. The van der Waals surface area contributed by atoms with Crippen LogP contribution in [0.2, 0.25) is 0 Å². The van der Waals surface area contributed by atoms with Gasteiger partial charge in [0.05, 0.1) is 0 Å². The van der Waals surface area contributed by atoms with Crippen molar-refractivity contribution in [3.63, 3.8) is 0 Å². The van der Waals surface area contributed by atoms with Crippen LogP contribution in [0.3, 0.4) is 0 Å². The van der Waals surface area contributed by atoms with Gasteiger partial charge in [-0.2, -0.15) is 0 Å². The van der Waals surface area contributed by atoms with Crippen LogP contribution in [-0.2, 0) is 0 Å². The number of aryl methyl sites for hydroxylation is 1. The third kappa shape index (κ3) is 2.91. The molecule has 0 bridgehead atoms. The summed E-state index contributed by atoms with van der Waals surface area (Å²) in [6, 6.07) is 8.83. The van der Waals surface area contributed by atoms with Crippen LogP contribution in [0.25, 0.3) is 0 Å². The van der Waals surface area contributed by atoms with E-state index < -0.39 is 0 Å². The molecule has 98 valence electrons. The summed E-state index contributed by atoms with van der Waals surface area (Å²) in [5, 5.41) is 6.63. The standard InChI is InChI=1S/C15H22N2O/c1-10-6-4-5-7-13(10)15(18)17-14-9-8-11(2)16-12(14)3/h4-7,11-12,14,16H,8-9H2,1-3H3,(H,17,18). The number of rotatable bonds is 2. The van der Waals surface area contributed by atoms with Gasteiger partial charge in [0.25, 0.3) is 5.91 Å². The first-order valence-electron chi connectivity index (χ1n) is 6.70. The molecule has 1 fully saturated rings. The molecule has 3 unspecified atom stereocenters. The number of hydrogen-bond acceptors (Lipinski definition) is 2. The molecule has 3 heteroatoms. The highest BCUT2D eigenvalue weighted by molar-refractivity contribution is 5.95. The lowest BCUT2D eigenvalue weighted by molar-refractivity contribution is 0.0914. The summed E-state index contributed by atoms with van der Waals surface area (Å²) in [4.78, 5) is 12.2. The van der Waals surface area contributed by atoms with Gasteiger partial charge in [-0.05, 0) is 45.2 Å². The fraction of sp³-hybridized carbons (Fsp3) is 0.533. The van der Waals surface area contributed by atoms with Crippen molar-refractivity contribution in [2.45, 2.75) is 51.7 Å². The van der Waals surface area contributed by atoms with Crippen molar-refractivity contribution in [1.29, 1.82) is 0 Å². The van der Waals surface area contributed by atoms with Gasteiger partial charge >= 0.3 is 0 Å². The van der Waals surface area contributed by atoms with E-state index in [9.17, 15) is 4.79 Å². The monoisotopic (exact) mass is 246 g/mol. The van der Waals surface area contributed by atoms with Crippen molar-refractivity contribution < 1.29 is 4.79 Å². The molecule has 1 amide bonds. The molecule has 1 aromatic carbocycles. The summed E-state index contributed by atoms with van der Waals surface area (Å²) in [7, 11) is 0. The van der Waals surface area contributed by atoms with Gasteiger partial charge in [-0.15, -0.1) is 0 Å². The maximum absolute atomic E-state index is 12.2. The molecular weight excluding hydrogens is 224 g/mol. The van der Waals surface area contributed by atoms with E-state index in [1.54, 1.807) is 0 Å². The van der Waals surface area contributed by atoms with Gasteiger partial charge in [-0.3, -0.25) is 4.79 Å². The molecule has 2 rings (SSSR count). The highest BCUT2D eigenvalue weighted by Crippen LogP contribution is 2.14. The molecule has 18 heavy (non-hydrogen) atoms. The Kier molecular flexibility index (Phi) is 4.02. The highest BCUT2D eigenvalue weighted by Gasteiger charge is 2.26. The van der Waals surface area contributed by atoms with Crippen LogP contribution in [0.1, 0.15) is 42.6 Å². The maximum atomic E-state index is 12.2. The Morgan fingerprint density at radius 2 is 2.00 bits per heavy atom. The molecule has 1 aliphatic rings. The summed E-state index contributed by atoms with van der Waals surface area (Å²) < 4.78 is 0. The first-order chi connectivity index (χ1) is 8.58. The number of nitrogens with one attached hydrogen (secondary N) is 2. The van der Waals surface area contributed by atoms with Crippen molar-refractivity contribution >= 4 is 5.91 Å².